The van der Waals surface area contributed by atoms with Crippen LogP contribution in [0.15, 0.2) is 42.5 Å². The molecule has 0 saturated carbocycles. The van der Waals surface area contributed by atoms with Gasteiger partial charge in [0.1, 0.15) is 5.82 Å². The molecule has 0 radical (unpaired) electrons. The van der Waals surface area contributed by atoms with Crippen LogP contribution in [0.1, 0.15) is 11.5 Å². The standard InChI is InChI=1S/C25H30Cl2FN5O4S/c1-29(21-13-18(26)12-19(27)14-21)24(34)30(2)23-16-32(15-22(23)17-4-6-20(28)7-5-17)25(35)31-8-10-33(11-9-31)38(3,36)37/h4-7,12-14,22-23H,8-11,15-16H2,1-3H3. The maximum atomic E-state index is 13.7. The topological polar surface area (TPSA) is 84.5 Å². The van der Waals surface area contributed by atoms with Gasteiger partial charge in [-0.15, -0.1) is 0 Å². The van der Waals surface area contributed by atoms with E-state index in [9.17, 15) is 22.4 Å². The zero-order valence-corrected chi connectivity index (χ0v) is 23.7. The Kier molecular flexibility index (Phi) is 8.41. The van der Waals surface area contributed by atoms with E-state index in [1.807, 2.05) is 0 Å². The van der Waals surface area contributed by atoms with Gasteiger partial charge in [0.05, 0.1) is 12.3 Å². The van der Waals surface area contributed by atoms with Crippen molar-refractivity contribution in [2.45, 2.75) is 12.0 Å². The molecule has 4 rings (SSSR count). The Morgan fingerprint density at radius 2 is 1.50 bits per heavy atom. The van der Waals surface area contributed by atoms with Crippen molar-refractivity contribution in [3.05, 3.63) is 63.9 Å². The summed E-state index contributed by atoms with van der Waals surface area (Å²) < 4.78 is 38.7. The van der Waals surface area contributed by atoms with Gasteiger partial charge in [-0.05, 0) is 35.9 Å². The van der Waals surface area contributed by atoms with Gasteiger partial charge in [-0.3, -0.25) is 4.90 Å². The first-order valence-corrected chi connectivity index (χ1v) is 14.7. The maximum Gasteiger partial charge on any atom is 0.324 e. The number of likely N-dealkylation sites (N-methyl/N-ethyl adjacent to an activating group) is 1. The van der Waals surface area contributed by atoms with E-state index in [1.165, 1.54) is 21.3 Å². The molecule has 2 aromatic rings. The number of urea groups is 2. The van der Waals surface area contributed by atoms with E-state index in [4.69, 9.17) is 23.2 Å². The number of rotatable bonds is 4. The molecular formula is C25H30Cl2FN5O4S. The molecule has 206 valence electrons. The molecule has 2 aromatic carbocycles. The molecule has 38 heavy (non-hydrogen) atoms. The zero-order valence-electron chi connectivity index (χ0n) is 21.3. The fraction of sp³-hybridized carbons (Fsp3) is 0.440. The summed E-state index contributed by atoms with van der Waals surface area (Å²) >= 11 is 12.3. The van der Waals surface area contributed by atoms with Crippen molar-refractivity contribution < 1.29 is 22.4 Å². The second-order valence-corrected chi connectivity index (χ2v) is 12.5. The molecule has 2 unspecified atom stereocenters. The molecule has 0 bridgehead atoms. The van der Waals surface area contributed by atoms with Crippen molar-refractivity contribution in [3.63, 3.8) is 0 Å². The predicted octanol–water partition coefficient (Wildman–Crippen LogP) is 3.79. The van der Waals surface area contributed by atoms with Crippen LogP contribution in [0.5, 0.6) is 0 Å². The first kappa shape index (κ1) is 28.4. The lowest BCUT2D eigenvalue weighted by atomic mass is 9.93. The van der Waals surface area contributed by atoms with Crippen LogP contribution in [0.2, 0.25) is 10.0 Å². The van der Waals surface area contributed by atoms with Crippen molar-refractivity contribution in [3.8, 4) is 0 Å². The van der Waals surface area contributed by atoms with Crippen LogP contribution in [0, 0.1) is 5.82 Å². The molecule has 2 saturated heterocycles. The largest absolute Gasteiger partial charge is 0.324 e. The van der Waals surface area contributed by atoms with Gasteiger partial charge in [0.15, 0.2) is 0 Å². The van der Waals surface area contributed by atoms with E-state index in [2.05, 4.69) is 0 Å². The molecule has 9 nitrogen and oxygen atoms in total. The fourth-order valence-electron chi connectivity index (χ4n) is 5.01. The summed E-state index contributed by atoms with van der Waals surface area (Å²) in [5.74, 6) is -0.635. The Hall–Kier alpha value is -2.60. The SMILES string of the molecule is CN(C(=O)N(C)C1CN(C(=O)N2CCN(S(C)(=O)=O)CC2)CC1c1ccc(F)cc1)c1cc(Cl)cc(Cl)c1. The fourth-order valence-corrected chi connectivity index (χ4v) is 6.35. The minimum absolute atomic E-state index is 0.219. The van der Waals surface area contributed by atoms with Crippen molar-refractivity contribution >= 4 is 51.0 Å². The smallest absolute Gasteiger partial charge is 0.322 e. The summed E-state index contributed by atoms with van der Waals surface area (Å²) in [6.45, 7) is 1.61. The van der Waals surface area contributed by atoms with E-state index < -0.39 is 16.1 Å². The highest BCUT2D eigenvalue weighted by Gasteiger charge is 2.42. The van der Waals surface area contributed by atoms with Gasteiger partial charge in [0.25, 0.3) is 0 Å². The number of piperazine rings is 1. The summed E-state index contributed by atoms with van der Waals surface area (Å²) in [5.41, 5.74) is 1.33. The summed E-state index contributed by atoms with van der Waals surface area (Å²) in [6, 6.07) is 9.98. The third-order valence-corrected chi connectivity index (χ3v) is 8.90. The van der Waals surface area contributed by atoms with Gasteiger partial charge in [-0.1, -0.05) is 35.3 Å². The first-order chi connectivity index (χ1) is 17.8. The third-order valence-electron chi connectivity index (χ3n) is 7.16. The zero-order chi connectivity index (χ0) is 27.8. The van der Waals surface area contributed by atoms with Crippen molar-refractivity contribution in [2.24, 2.45) is 0 Å². The monoisotopic (exact) mass is 585 g/mol. The van der Waals surface area contributed by atoms with Crippen LogP contribution >= 0.6 is 23.2 Å². The number of halogens is 3. The second-order valence-electron chi connectivity index (χ2n) is 9.64. The van der Waals surface area contributed by atoms with Gasteiger partial charge in [0, 0.05) is 75.0 Å². The number of amides is 4. The van der Waals surface area contributed by atoms with E-state index in [-0.39, 0.29) is 56.5 Å². The van der Waals surface area contributed by atoms with Gasteiger partial charge in [-0.25, -0.2) is 22.4 Å². The van der Waals surface area contributed by atoms with Gasteiger partial charge in [-0.2, -0.15) is 4.31 Å². The number of sulfonamides is 1. The molecule has 0 aromatic heterocycles. The summed E-state index contributed by atoms with van der Waals surface area (Å²) in [5, 5.41) is 0.792. The van der Waals surface area contributed by atoms with Crippen molar-refractivity contribution in [1.29, 1.82) is 0 Å². The number of carbonyl (C=O) groups excluding carboxylic acids is 2. The third kappa shape index (κ3) is 6.17. The minimum atomic E-state index is -3.32. The molecule has 0 aliphatic carbocycles. The van der Waals surface area contributed by atoms with Crippen LogP contribution in [-0.2, 0) is 10.0 Å². The van der Waals surface area contributed by atoms with Crippen LogP contribution in [-0.4, -0.2) is 105 Å². The Morgan fingerprint density at radius 1 is 0.921 bits per heavy atom. The molecule has 0 spiro atoms. The maximum absolute atomic E-state index is 13.7. The molecule has 2 heterocycles. The molecule has 0 N–H and O–H groups in total. The number of benzene rings is 2. The van der Waals surface area contributed by atoms with Gasteiger partial charge < -0.3 is 14.7 Å². The molecule has 4 amide bonds. The Labute approximate surface area is 232 Å². The Balaban J connectivity index is 1.55. The highest BCUT2D eigenvalue weighted by Crippen LogP contribution is 2.33. The van der Waals surface area contributed by atoms with Crippen LogP contribution < -0.4 is 4.90 Å². The number of hydrogen-bond donors (Lipinski definition) is 0. The minimum Gasteiger partial charge on any atom is -0.322 e. The number of nitrogens with zero attached hydrogens (tertiary/aromatic N) is 5. The summed E-state index contributed by atoms with van der Waals surface area (Å²) in [6.07, 6.45) is 1.16. The molecule has 2 atom stereocenters. The first-order valence-electron chi connectivity index (χ1n) is 12.1. The van der Waals surface area contributed by atoms with Crippen molar-refractivity contribution in [1.82, 2.24) is 19.0 Å². The average molecular weight is 587 g/mol. The van der Waals surface area contributed by atoms with Crippen LogP contribution in [0.25, 0.3) is 0 Å². The van der Waals surface area contributed by atoms with E-state index >= 15 is 0 Å². The lowest BCUT2D eigenvalue weighted by Crippen LogP contribution is -2.54. The lowest BCUT2D eigenvalue weighted by molar-refractivity contribution is 0.139. The summed E-state index contributed by atoms with van der Waals surface area (Å²) in [4.78, 5) is 33.3. The summed E-state index contributed by atoms with van der Waals surface area (Å²) in [7, 11) is -0.0331. The normalized spacial score (nSPS) is 20.5. The second kappa shape index (κ2) is 11.3. The molecular weight excluding hydrogens is 556 g/mol. The van der Waals surface area contributed by atoms with Crippen LogP contribution in [0.3, 0.4) is 0 Å². The lowest BCUT2D eigenvalue weighted by Gasteiger charge is -2.35. The molecule has 2 fully saturated rings. The molecule has 2 aliphatic rings. The molecule has 2 aliphatic heterocycles. The van der Waals surface area contributed by atoms with E-state index in [1.54, 1.807) is 59.1 Å². The predicted molar refractivity (Wildman–Crippen MR) is 146 cm³/mol. The number of carbonyl (C=O) groups is 2. The van der Waals surface area contributed by atoms with Crippen molar-refractivity contribution in [2.75, 3.05) is 64.5 Å². The molecule has 13 heteroatoms. The Morgan fingerprint density at radius 3 is 2.05 bits per heavy atom. The van der Waals surface area contributed by atoms with Crippen LogP contribution in [0.4, 0.5) is 19.7 Å². The Bertz CT molecular complexity index is 1290. The van der Waals surface area contributed by atoms with E-state index in [0.717, 1.165) is 11.8 Å². The quantitative estimate of drug-likeness (QED) is 0.546. The number of anilines is 1. The van der Waals surface area contributed by atoms with Gasteiger partial charge >= 0.3 is 12.1 Å². The average Bonchev–Trinajstić information content (AvgIpc) is 3.32. The van der Waals surface area contributed by atoms with Gasteiger partial charge in [0.2, 0.25) is 10.0 Å². The highest BCUT2D eigenvalue weighted by molar-refractivity contribution is 7.88. The number of likely N-dealkylation sites (tertiary alicyclic amines) is 1. The number of hydrogen-bond acceptors (Lipinski definition) is 4. The van der Waals surface area contributed by atoms with E-state index in [0.29, 0.717) is 22.3 Å². The highest BCUT2D eigenvalue weighted by atomic mass is 35.5.